The number of halogens is 1. The predicted molar refractivity (Wildman–Crippen MR) is 82.4 cm³/mol. The summed E-state index contributed by atoms with van der Waals surface area (Å²) in [5.41, 5.74) is 2.39. The fourth-order valence-corrected chi connectivity index (χ4v) is 3.31. The minimum atomic E-state index is 0.377. The van der Waals surface area contributed by atoms with Gasteiger partial charge >= 0.3 is 0 Å². The van der Waals surface area contributed by atoms with Crippen molar-refractivity contribution in [2.24, 2.45) is 0 Å². The van der Waals surface area contributed by atoms with Crippen LogP contribution in [0.25, 0.3) is 0 Å². The molecule has 1 atom stereocenters. The summed E-state index contributed by atoms with van der Waals surface area (Å²) in [6.07, 6.45) is 3.31. The quantitative estimate of drug-likeness (QED) is 0.832. The van der Waals surface area contributed by atoms with Gasteiger partial charge in [0, 0.05) is 17.1 Å². The summed E-state index contributed by atoms with van der Waals surface area (Å²) in [6, 6.07) is 11.0. The molecule has 0 spiro atoms. The Kier molecular flexibility index (Phi) is 4.22. The number of nitrogens with zero attached hydrogens (tertiary/aromatic N) is 2. The van der Waals surface area contributed by atoms with E-state index in [9.17, 15) is 0 Å². The van der Waals surface area contributed by atoms with Gasteiger partial charge in [0.25, 0.3) is 0 Å². The van der Waals surface area contributed by atoms with E-state index in [0.717, 1.165) is 41.9 Å². The Morgan fingerprint density at radius 2 is 2.30 bits per heavy atom. The van der Waals surface area contributed by atoms with Crippen LogP contribution in [0.2, 0.25) is 0 Å². The fraction of sp³-hybridized carbons (Fsp3) is 0.438. The highest BCUT2D eigenvalue weighted by atomic mass is 79.9. The van der Waals surface area contributed by atoms with Crippen molar-refractivity contribution in [2.45, 2.75) is 38.8 Å². The molecule has 3 rings (SSSR count). The van der Waals surface area contributed by atoms with Gasteiger partial charge in [0.1, 0.15) is 0 Å². The van der Waals surface area contributed by atoms with Gasteiger partial charge in [0.05, 0.1) is 11.7 Å². The van der Waals surface area contributed by atoms with Crippen molar-refractivity contribution >= 4 is 15.9 Å². The minimum Gasteiger partial charge on any atom is -0.359 e. The van der Waals surface area contributed by atoms with Gasteiger partial charge in [-0.3, -0.25) is 4.90 Å². The standard InChI is InChI=1S/C16H19BrN2O/c1-2-14-10-16(20-18-14)15-7-4-8-19(15)11-12-5-3-6-13(17)9-12/h3,5-6,9-10,15H,2,4,7-8,11H2,1H3. The van der Waals surface area contributed by atoms with Crippen LogP contribution in [0, 0.1) is 0 Å². The van der Waals surface area contributed by atoms with Crippen LogP contribution in [0.1, 0.15) is 42.8 Å². The van der Waals surface area contributed by atoms with Crippen molar-refractivity contribution in [2.75, 3.05) is 6.54 Å². The maximum Gasteiger partial charge on any atom is 0.154 e. The molecule has 2 aromatic rings. The van der Waals surface area contributed by atoms with E-state index in [1.54, 1.807) is 0 Å². The van der Waals surface area contributed by atoms with Crippen molar-refractivity contribution in [3.8, 4) is 0 Å². The zero-order valence-electron chi connectivity index (χ0n) is 11.7. The molecule has 1 aromatic carbocycles. The van der Waals surface area contributed by atoms with Gasteiger partial charge in [-0.25, -0.2) is 0 Å². The fourth-order valence-electron chi connectivity index (χ4n) is 2.86. The Balaban J connectivity index is 1.75. The number of aromatic nitrogens is 1. The molecule has 1 fully saturated rings. The van der Waals surface area contributed by atoms with Crippen molar-refractivity contribution in [3.05, 3.63) is 51.8 Å². The average molecular weight is 335 g/mol. The van der Waals surface area contributed by atoms with Crippen LogP contribution in [-0.4, -0.2) is 16.6 Å². The third-order valence-corrected chi connectivity index (χ3v) is 4.40. The highest BCUT2D eigenvalue weighted by Crippen LogP contribution is 2.33. The molecule has 1 saturated heterocycles. The van der Waals surface area contributed by atoms with Gasteiger partial charge < -0.3 is 4.52 Å². The predicted octanol–water partition coefficient (Wildman–Crippen LogP) is 4.34. The molecule has 0 aliphatic carbocycles. The second-order valence-corrected chi connectivity index (χ2v) is 6.25. The first-order chi connectivity index (χ1) is 9.76. The summed E-state index contributed by atoms with van der Waals surface area (Å²) >= 11 is 3.54. The molecule has 3 nitrogen and oxygen atoms in total. The summed E-state index contributed by atoms with van der Waals surface area (Å²) in [4.78, 5) is 2.49. The van der Waals surface area contributed by atoms with Gasteiger partial charge in [-0.1, -0.05) is 40.1 Å². The normalized spacial score (nSPS) is 19.6. The summed E-state index contributed by atoms with van der Waals surface area (Å²) in [6.45, 7) is 4.20. The Morgan fingerprint density at radius 1 is 1.40 bits per heavy atom. The van der Waals surface area contributed by atoms with E-state index in [1.165, 1.54) is 12.0 Å². The molecule has 0 radical (unpaired) electrons. The summed E-state index contributed by atoms with van der Waals surface area (Å²) in [5.74, 6) is 1.02. The number of rotatable bonds is 4. The molecule has 106 valence electrons. The zero-order chi connectivity index (χ0) is 13.9. The van der Waals surface area contributed by atoms with Crippen LogP contribution in [0.5, 0.6) is 0 Å². The van der Waals surface area contributed by atoms with Crippen LogP contribution in [0.15, 0.2) is 39.3 Å². The smallest absolute Gasteiger partial charge is 0.154 e. The number of hydrogen-bond acceptors (Lipinski definition) is 3. The highest BCUT2D eigenvalue weighted by Gasteiger charge is 2.29. The molecule has 0 saturated carbocycles. The van der Waals surface area contributed by atoms with E-state index in [4.69, 9.17) is 4.52 Å². The van der Waals surface area contributed by atoms with Crippen LogP contribution in [0.3, 0.4) is 0 Å². The minimum absolute atomic E-state index is 0.377. The third kappa shape index (κ3) is 2.96. The van der Waals surface area contributed by atoms with E-state index in [0.29, 0.717) is 6.04 Å². The maximum atomic E-state index is 5.53. The molecule has 0 bridgehead atoms. The Hall–Kier alpha value is -1.13. The molecule has 1 aliphatic heterocycles. The van der Waals surface area contributed by atoms with Crippen LogP contribution in [0.4, 0.5) is 0 Å². The van der Waals surface area contributed by atoms with Crippen molar-refractivity contribution in [3.63, 3.8) is 0 Å². The largest absolute Gasteiger partial charge is 0.359 e. The molecule has 1 aromatic heterocycles. The van der Waals surface area contributed by atoms with Gasteiger partial charge in [-0.2, -0.15) is 0 Å². The lowest BCUT2D eigenvalue weighted by Crippen LogP contribution is -2.22. The monoisotopic (exact) mass is 334 g/mol. The van der Waals surface area contributed by atoms with Crippen molar-refractivity contribution < 1.29 is 4.52 Å². The molecule has 2 heterocycles. The van der Waals surface area contributed by atoms with E-state index in [1.807, 2.05) is 0 Å². The van der Waals surface area contributed by atoms with E-state index in [2.05, 4.69) is 63.2 Å². The molecular weight excluding hydrogens is 316 g/mol. The Labute approximate surface area is 128 Å². The summed E-state index contributed by atoms with van der Waals surface area (Å²) in [7, 11) is 0. The lowest BCUT2D eigenvalue weighted by Gasteiger charge is -2.22. The molecular formula is C16H19BrN2O. The van der Waals surface area contributed by atoms with Gasteiger partial charge in [0.15, 0.2) is 5.76 Å². The molecule has 1 unspecified atom stereocenters. The van der Waals surface area contributed by atoms with E-state index >= 15 is 0 Å². The molecule has 4 heteroatoms. The zero-order valence-corrected chi connectivity index (χ0v) is 13.3. The van der Waals surface area contributed by atoms with Crippen molar-refractivity contribution in [1.82, 2.24) is 10.1 Å². The Bertz CT molecular complexity index is 581. The molecule has 0 amide bonds. The summed E-state index contributed by atoms with van der Waals surface area (Å²) in [5, 5.41) is 4.13. The molecule has 0 N–H and O–H groups in total. The lowest BCUT2D eigenvalue weighted by atomic mass is 10.1. The van der Waals surface area contributed by atoms with Gasteiger partial charge in [0.2, 0.25) is 0 Å². The topological polar surface area (TPSA) is 29.3 Å². The average Bonchev–Trinajstić information content (AvgIpc) is 3.06. The van der Waals surface area contributed by atoms with Crippen molar-refractivity contribution in [1.29, 1.82) is 0 Å². The second kappa shape index (κ2) is 6.10. The Morgan fingerprint density at radius 3 is 3.05 bits per heavy atom. The number of likely N-dealkylation sites (tertiary alicyclic amines) is 1. The first kappa shape index (κ1) is 13.8. The maximum absolute atomic E-state index is 5.53. The lowest BCUT2D eigenvalue weighted by molar-refractivity contribution is 0.206. The number of aryl methyl sites for hydroxylation is 1. The van der Waals surface area contributed by atoms with Crippen LogP contribution < -0.4 is 0 Å². The van der Waals surface area contributed by atoms with Gasteiger partial charge in [-0.15, -0.1) is 0 Å². The first-order valence-corrected chi connectivity index (χ1v) is 7.99. The SMILES string of the molecule is CCc1cc(C2CCCN2Cc2cccc(Br)c2)on1. The number of benzene rings is 1. The number of hydrogen-bond donors (Lipinski definition) is 0. The first-order valence-electron chi connectivity index (χ1n) is 7.20. The highest BCUT2D eigenvalue weighted by molar-refractivity contribution is 9.10. The van der Waals surface area contributed by atoms with Crippen LogP contribution >= 0.6 is 15.9 Å². The molecule has 1 aliphatic rings. The second-order valence-electron chi connectivity index (χ2n) is 5.33. The molecule has 20 heavy (non-hydrogen) atoms. The van der Waals surface area contributed by atoms with Gasteiger partial charge in [-0.05, 0) is 43.5 Å². The summed E-state index contributed by atoms with van der Waals surface area (Å²) < 4.78 is 6.67. The third-order valence-electron chi connectivity index (χ3n) is 3.91. The van der Waals surface area contributed by atoms with E-state index < -0.39 is 0 Å². The van der Waals surface area contributed by atoms with Crippen LogP contribution in [-0.2, 0) is 13.0 Å². The van der Waals surface area contributed by atoms with E-state index in [-0.39, 0.29) is 0 Å².